The molecule has 2 heterocycles. The van der Waals surface area contributed by atoms with Crippen molar-refractivity contribution in [3.63, 3.8) is 0 Å². The van der Waals surface area contributed by atoms with E-state index in [1.807, 2.05) is 10.9 Å². The van der Waals surface area contributed by atoms with Gasteiger partial charge in [-0.25, -0.2) is 0 Å². The Bertz CT molecular complexity index is 548. The molecule has 0 spiro atoms. The SMILES string of the molecule is Cc1c(CN)cnn1Cc1ccn(C2CCCC2)n1. The Morgan fingerprint density at radius 1 is 1.37 bits per heavy atom. The Balaban J connectivity index is 1.74. The second-order valence-corrected chi connectivity index (χ2v) is 5.34. The normalized spacial score (nSPS) is 16.3. The van der Waals surface area contributed by atoms with E-state index >= 15 is 0 Å². The summed E-state index contributed by atoms with van der Waals surface area (Å²) >= 11 is 0. The predicted molar refractivity (Wildman–Crippen MR) is 73.7 cm³/mol. The molecule has 0 aromatic carbocycles. The summed E-state index contributed by atoms with van der Waals surface area (Å²) in [6.45, 7) is 3.33. The van der Waals surface area contributed by atoms with E-state index in [1.165, 1.54) is 25.7 Å². The zero-order chi connectivity index (χ0) is 13.2. The van der Waals surface area contributed by atoms with Crippen LogP contribution in [0, 0.1) is 6.92 Å². The summed E-state index contributed by atoms with van der Waals surface area (Å²) in [7, 11) is 0. The van der Waals surface area contributed by atoms with E-state index in [-0.39, 0.29) is 0 Å². The van der Waals surface area contributed by atoms with Crippen LogP contribution in [-0.2, 0) is 13.1 Å². The maximum atomic E-state index is 5.67. The Hall–Kier alpha value is -1.62. The molecule has 2 aromatic heterocycles. The van der Waals surface area contributed by atoms with E-state index in [0.717, 1.165) is 23.5 Å². The summed E-state index contributed by atoms with van der Waals surface area (Å²) in [6.07, 6.45) is 9.14. The molecular weight excluding hydrogens is 238 g/mol. The summed E-state index contributed by atoms with van der Waals surface area (Å²) < 4.78 is 4.11. The van der Waals surface area contributed by atoms with Gasteiger partial charge in [-0.2, -0.15) is 10.2 Å². The average Bonchev–Trinajstić information content (AvgIpc) is 3.12. The number of hydrogen-bond acceptors (Lipinski definition) is 3. The number of rotatable bonds is 4. The smallest absolute Gasteiger partial charge is 0.0852 e. The largest absolute Gasteiger partial charge is 0.326 e. The predicted octanol–water partition coefficient (Wildman–Crippen LogP) is 2.01. The number of nitrogens with zero attached hydrogens (tertiary/aromatic N) is 4. The summed E-state index contributed by atoms with van der Waals surface area (Å²) in [5, 5.41) is 9.06. The highest BCUT2D eigenvalue weighted by atomic mass is 15.3. The summed E-state index contributed by atoms with van der Waals surface area (Å²) in [5.74, 6) is 0. The molecule has 3 rings (SSSR count). The second kappa shape index (κ2) is 5.17. The van der Waals surface area contributed by atoms with Gasteiger partial charge in [0.1, 0.15) is 0 Å². The van der Waals surface area contributed by atoms with Crippen LogP contribution >= 0.6 is 0 Å². The van der Waals surface area contributed by atoms with Crippen LogP contribution in [0.25, 0.3) is 0 Å². The zero-order valence-corrected chi connectivity index (χ0v) is 11.4. The molecule has 102 valence electrons. The molecule has 2 aromatic rings. The van der Waals surface area contributed by atoms with Gasteiger partial charge in [0, 0.05) is 24.0 Å². The fourth-order valence-corrected chi connectivity index (χ4v) is 2.83. The van der Waals surface area contributed by atoms with Gasteiger partial charge in [-0.05, 0) is 25.8 Å². The minimum Gasteiger partial charge on any atom is -0.326 e. The van der Waals surface area contributed by atoms with Gasteiger partial charge in [0.2, 0.25) is 0 Å². The van der Waals surface area contributed by atoms with Crippen LogP contribution in [-0.4, -0.2) is 19.6 Å². The first-order chi connectivity index (χ1) is 9.28. The summed E-state index contributed by atoms with van der Waals surface area (Å²) in [4.78, 5) is 0. The van der Waals surface area contributed by atoms with Crippen molar-refractivity contribution in [2.24, 2.45) is 5.73 Å². The van der Waals surface area contributed by atoms with E-state index in [1.54, 1.807) is 0 Å². The lowest BCUT2D eigenvalue weighted by Gasteiger charge is -2.09. The fourth-order valence-electron chi connectivity index (χ4n) is 2.83. The van der Waals surface area contributed by atoms with Gasteiger partial charge < -0.3 is 5.73 Å². The van der Waals surface area contributed by atoms with Crippen LogP contribution in [0.4, 0.5) is 0 Å². The highest BCUT2D eigenvalue weighted by Crippen LogP contribution is 2.28. The van der Waals surface area contributed by atoms with Crippen LogP contribution < -0.4 is 5.73 Å². The topological polar surface area (TPSA) is 61.7 Å². The molecule has 5 heteroatoms. The van der Waals surface area contributed by atoms with E-state index in [9.17, 15) is 0 Å². The van der Waals surface area contributed by atoms with Crippen LogP contribution in [0.1, 0.15) is 48.7 Å². The average molecular weight is 259 g/mol. The van der Waals surface area contributed by atoms with Gasteiger partial charge >= 0.3 is 0 Å². The van der Waals surface area contributed by atoms with Crippen molar-refractivity contribution in [1.82, 2.24) is 19.6 Å². The van der Waals surface area contributed by atoms with E-state index in [4.69, 9.17) is 5.73 Å². The zero-order valence-electron chi connectivity index (χ0n) is 11.4. The third-order valence-electron chi connectivity index (χ3n) is 4.10. The molecule has 1 aliphatic rings. The third kappa shape index (κ3) is 2.42. The van der Waals surface area contributed by atoms with Gasteiger partial charge in [0.05, 0.1) is 24.5 Å². The molecule has 1 aliphatic carbocycles. The van der Waals surface area contributed by atoms with Gasteiger partial charge in [-0.1, -0.05) is 12.8 Å². The molecule has 2 N–H and O–H groups in total. The fraction of sp³-hybridized carbons (Fsp3) is 0.571. The van der Waals surface area contributed by atoms with Crippen LogP contribution in [0.15, 0.2) is 18.5 Å². The first kappa shape index (κ1) is 12.4. The molecule has 19 heavy (non-hydrogen) atoms. The maximum absolute atomic E-state index is 5.67. The summed E-state index contributed by atoms with van der Waals surface area (Å²) in [5.41, 5.74) is 8.99. The van der Waals surface area contributed by atoms with Crippen molar-refractivity contribution in [1.29, 1.82) is 0 Å². The highest BCUT2D eigenvalue weighted by Gasteiger charge is 2.17. The van der Waals surface area contributed by atoms with E-state index in [0.29, 0.717) is 12.6 Å². The minimum absolute atomic E-state index is 0.544. The molecule has 0 aliphatic heterocycles. The van der Waals surface area contributed by atoms with Gasteiger partial charge in [0.15, 0.2) is 0 Å². The quantitative estimate of drug-likeness (QED) is 0.913. The first-order valence-corrected chi connectivity index (χ1v) is 7.03. The molecular formula is C14H21N5. The van der Waals surface area contributed by atoms with Gasteiger partial charge in [0.25, 0.3) is 0 Å². The molecule has 0 saturated heterocycles. The Labute approximate surface area is 113 Å². The van der Waals surface area contributed by atoms with Crippen LogP contribution in [0.5, 0.6) is 0 Å². The van der Waals surface area contributed by atoms with Gasteiger partial charge in [-0.15, -0.1) is 0 Å². The molecule has 1 saturated carbocycles. The van der Waals surface area contributed by atoms with Crippen molar-refractivity contribution in [3.8, 4) is 0 Å². The Morgan fingerprint density at radius 3 is 2.84 bits per heavy atom. The molecule has 0 unspecified atom stereocenters. The Morgan fingerprint density at radius 2 is 2.16 bits per heavy atom. The van der Waals surface area contributed by atoms with E-state index in [2.05, 4.69) is 34.1 Å². The maximum Gasteiger partial charge on any atom is 0.0852 e. The van der Waals surface area contributed by atoms with E-state index < -0.39 is 0 Å². The number of hydrogen-bond donors (Lipinski definition) is 1. The van der Waals surface area contributed by atoms with Crippen molar-refractivity contribution in [3.05, 3.63) is 35.4 Å². The van der Waals surface area contributed by atoms with Gasteiger partial charge in [-0.3, -0.25) is 9.36 Å². The lowest BCUT2D eigenvalue weighted by atomic mass is 10.2. The second-order valence-electron chi connectivity index (χ2n) is 5.34. The standard InChI is InChI=1S/C14H21N5/c1-11-12(8-15)9-16-19(11)10-13-6-7-18(17-13)14-4-2-3-5-14/h6-7,9,14H,2-5,8,10,15H2,1H3. The lowest BCUT2D eigenvalue weighted by molar-refractivity contribution is 0.460. The molecule has 0 amide bonds. The third-order valence-corrected chi connectivity index (χ3v) is 4.10. The molecule has 0 bridgehead atoms. The number of nitrogens with two attached hydrogens (primary N) is 1. The van der Waals surface area contributed by atoms with Crippen molar-refractivity contribution in [2.45, 2.75) is 51.7 Å². The molecule has 0 atom stereocenters. The highest BCUT2D eigenvalue weighted by molar-refractivity contribution is 5.16. The first-order valence-electron chi connectivity index (χ1n) is 7.03. The Kier molecular flexibility index (Phi) is 3.38. The van der Waals surface area contributed by atoms with Crippen molar-refractivity contribution >= 4 is 0 Å². The minimum atomic E-state index is 0.544. The van der Waals surface area contributed by atoms with Crippen molar-refractivity contribution in [2.75, 3.05) is 0 Å². The summed E-state index contributed by atoms with van der Waals surface area (Å²) in [6, 6.07) is 2.70. The molecule has 0 radical (unpaired) electrons. The molecule has 1 fully saturated rings. The molecule has 5 nitrogen and oxygen atoms in total. The monoisotopic (exact) mass is 259 g/mol. The van der Waals surface area contributed by atoms with Crippen molar-refractivity contribution < 1.29 is 0 Å². The lowest BCUT2D eigenvalue weighted by Crippen LogP contribution is -2.09. The number of aromatic nitrogens is 4. The van der Waals surface area contributed by atoms with Crippen LogP contribution in [0.3, 0.4) is 0 Å². The van der Waals surface area contributed by atoms with Crippen LogP contribution in [0.2, 0.25) is 0 Å².